The van der Waals surface area contributed by atoms with Gasteiger partial charge in [0.05, 0.1) is 11.5 Å². The molecule has 0 saturated carbocycles. The fraction of sp³-hybridized carbons (Fsp3) is 0.125. The molecule has 8 heteroatoms. The van der Waals surface area contributed by atoms with Gasteiger partial charge in [-0.2, -0.15) is 0 Å². The molecule has 16 heavy (non-hydrogen) atoms. The average molecular weight is 320 g/mol. The highest BCUT2D eigenvalue weighted by Crippen LogP contribution is 2.27. The SMILES string of the molecule is O=[N+]([O-])c1cnc(NCc2sccc2Br)s1. The van der Waals surface area contributed by atoms with Crippen LogP contribution in [-0.2, 0) is 6.54 Å². The van der Waals surface area contributed by atoms with Gasteiger partial charge in [-0.15, -0.1) is 11.3 Å². The van der Waals surface area contributed by atoms with Crippen LogP contribution in [0, 0.1) is 10.1 Å². The van der Waals surface area contributed by atoms with Gasteiger partial charge >= 0.3 is 5.00 Å². The molecule has 0 bridgehead atoms. The molecule has 0 atom stereocenters. The Morgan fingerprint density at radius 2 is 2.44 bits per heavy atom. The van der Waals surface area contributed by atoms with Gasteiger partial charge < -0.3 is 5.32 Å². The summed E-state index contributed by atoms with van der Waals surface area (Å²) in [5, 5.41) is 16.1. The Bertz CT molecular complexity index is 511. The van der Waals surface area contributed by atoms with Crippen molar-refractivity contribution in [3.8, 4) is 0 Å². The van der Waals surface area contributed by atoms with Crippen LogP contribution in [0.5, 0.6) is 0 Å². The number of thiophene rings is 1. The first-order valence-corrected chi connectivity index (χ1v) is 6.71. The zero-order valence-corrected chi connectivity index (χ0v) is 11.1. The number of halogens is 1. The van der Waals surface area contributed by atoms with Crippen molar-refractivity contribution in [1.29, 1.82) is 0 Å². The van der Waals surface area contributed by atoms with Crippen LogP contribution in [0.4, 0.5) is 10.1 Å². The fourth-order valence-electron chi connectivity index (χ4n) is 1.04. The van der Waals surface area contributed by atoms with Crippen LogP contribution < -0.4 is 5.32 Å². The first-order valence-electron chi connectivity index (χ1n) is 4.23. The van der Waals surface area contributed by atoms with E-state index in [9.17, 15) is 10.1 Å². The van der Waals surface area contributed by atoms with E-state index in [1.165, 1.54) is 6.20 Å². The Morgan fingerprint density at radius 1 is 1.62 bits per heavy atom. The van der Waals surface area contributed by atoms with Crippen molar-refractivity contribution >= 4 is 48.7 Å². The molecule has 0 aliphatic heterocycles. The Balaban J connectivity index is 2.00. The van der Waals surface area contributed by atoms with Crippen molar-refractivity contribution in [3.63, 3.8) is 0 Å². The van der Waals surface area contributed by atoms with Crippen LogP contribution in [0.15, 0.2) is 22.1 Å². The van der Waals surface area contributed by atoms with Crippen LogP contribution in [0.3, 0.4) is 0 Å². The predicted octanol–water partition coefficient (Wildman–Crippen LogP) is 3.49. The molecule has 5 nitrogen and oxygen atoms in total. The normalized spacial score (nSPS) is 10.3. The Morgan fingerprint density at radius 3 is 3.00 bits per heavy atom. The Hall–Kier alpha value is -0.990. The maximum atomic E-state index is 10.4. The van der Waals surface area contributed by atoms with E-state index in [2.05, 4.69) is 26.2 Å². The summed E-state index contributed by atoms with van der Waals surface area (Å²) in [4.78, 5) is 15.1. The number of nitrogens with zero attached hydrogens (tertiary/aromatic N) is 2. The van der Waals surface area contributed by atoms with Crippen molar-refractivity contribution < 1.29 is 4.92 Å². The van der Waals surface area contributed by atoms with Gasteiger partial charge in [0, 0.05) is 9.35 Å². The number of anilines is 1. The second-order valence-corrected chi connectivity index (χ2v) is 5.67. The van der Waals surface area contributed by atoms with E-state index in [0.29, 0.717) is 11.7 Å². The molecule has 0 amide bonds. The number of aromatic nitrogens is 1. The highest BCUT2D eigenvalue weighted by molar-refractivity contribution is 9.10. The topological polar surface area (TPSA) is 68.1 Å². The molecule has 0 unspecified atom stereocenters. The van der Waals surface area contributed by atoms with Gasteiger partial charge in [-0.25, -0.2) is 4.98 Å². The number of nitrogens with one attached hydrogen (secondary N) is 1. The van der Waals surface area contributed by atoms with Crippen LogP contribution in [0.2, 0.25) is 0 Å². The molecule has 0 aliphatic rings. The number of hydrogen-bond acceptors (Lipinski definition) is 6. The molecule has 0 spiro atoms. The number of rotatable bonds is 4. The molecule has 2 rings (SSSR count). The lowest BCUT2D eigenvalue weighted by Gasteiger charge is -1.99. The summed E-state index contributed by atoms with van der Waals surface area (Å²) < 4.78 is 1.04. The number of thiazole rings is 1. The van der Waals surface area contributed by atoms with Crippen molar-refractivity contribution in [2.24, 2.45) is 0 Å². The minimum absolute atomic E-state index is 0.0488. The molecule has 0 aliphatic carbocycles. The third kappa shape index (κ3) is 2.57. The minimum atomic E-state index is -0.441. The summed E-state index contributed by atoms with van der Waals surface area (Å²) in [6.07, 6.45) is 1.26. The molecule has 0 fully saturated rings. The summed E-state index contributed by atoms with van der Waals surface area (Å²) in [5.41, 5.74) is 0. The van der Waals surface area contributed by atoms with Gasteiger partial charge in [0.2, 0.25) is 0 Å². The zero-order valence-electron chi connectivity index (χ0n) is 7.84. The maximum Gasteiger partial charge on any atom is 0.345 e. The summed E-state index contributed by atoms with van der Waals surface area (Å²) in [5.74, 6) is 0. The second kappa shape index (κ2) is 4.89. The van der Waals surface area contributed by atoms with Crippen molar-refractivity contribution in [2.45, 2.75) is 6.54 Å². The molecular formula is C8H6BrN3O2S2. The monoisotopic (exact) mass is 319 g/mol. The van der Waals surface area contributed by atoms with Crippen LogP contribution in [0.25, 0.3) is 0 Å². The summed E-state index contributed by atoms with van der Waals surface area (Å²) in [7, 11) is 0. The van der Waals surface area contributed by atoms with Crippen LogP contribution in [0.1, 0.15) is 4.88 Å². The third-order valence-corrected chi connectivity index (χ3v) is 4.60. The molecule has 0 aromatic carbocycles. The second-order valence-electron chi connectivity index (χ2n) is 2.81. The third-order valence-electron chi connectivity index (χ3n) is 1.76. The molecule has 1 N–H and O–H groups in total. The van der Waals surface area contributed by atoms with E-state index >= 15 is 0 Å². The van der Waals surface area contributed by atoms with E-state index in [1.54, 1.807) is 11.3 Å². The summed E-state index contributed by atoms with van der Waals surface area (Å²) in [6.45, 7) is 0.614. The Labute approximate surface area is 107 Å². The lowest BCUT2D eigenvalue weighted by Crippen LogP contribution is -1.96. The van der Waals surface area contributed by atoms with E-state index < -0.39 is 4.92 Å². The van der Waals surface area contributed by atoms with E-state index in [-0.39, 0.29) is 5.00 Å². The fourth-order valence-corrected chi connectivity index (χ4v) is 3.10. The van der Waals surface area contributed by atoms with Crippen LogP contribution in [-0.4, -0.2) is 9.91 Å². The summed E-state index contributed by atoms with van der Waals surface area (Å²) >= 11 is 6.07. The van der Waals surface area contributed by atoms with E-state index in [0.717, 1.165) is 20.7 Å². The van der Waals surface area contributed by atoms with Gasteiger partial charge in [-0.1, -0.05) is 0 Å². The van der Waals surface area contributed by atoms with Gasteiger partial charge in [-0.3, -0.25) is 10.1 Å². The Kier molecular flexibility index (Phi) is 3.52. The van der Waals surface area contributed by atoms with E-state index in [1.807, 2.05) is 11.4 Å². The highest BCUT2D eigenvalue weighted by Gasteiger charge is 2.11. The first-order chi connectivity index (χ1) is 7.66. The standard InChI is InChI=1S/C8H6BrN3O2S2/c9-5-1-2-15-6(5)3-10-8-11-4-7(16-8)12(13)14/h1-2,4H,3H2,(H,10,11). The van der Waals surface area contributed by atoms with E-state index in [4.69, 9.17) is 0 Å². The minimum Gasteiger partial charge on any atom is -0.356 e. The van der Waals surface area contributed by atoms with Gasteiger partial charge in [0.1, 0.15) is 6.20 Å². The molecule has 0 radical (unpaired) electrons. The molecule has 2 aromatic rings. The lowest BCUT2D eigenvalue weighted by atomic mass is 10.5. The number of nitro groups is 1. The highest BCUT2D eigenvalue weighted by atomic mass is 79.9. The molecule has 2 aromatic heterocycles. The predicted molar refractivity (Wildman–Crippen MR) is 68.1 cm³/mol. The maximum absolute atomic E-state index is 10.4. The van der Waals surface area contributed by atoms with Gasteiger partial charge in [0.15, 0.2) is 5.13 Å². The van der Waals surface area contributed by atoms with Crippen molar-refractivity contribution in [1.82, 2.24) is 4.98 Å². The molecule has 0 saturated heterocycles. The molecule has 84 valence electrons. The lowest BCUT2D eigenvalue weighted by molar-refractivity contribution is -0.380. The smallest absolute Gasteiger partial charge is 0.345 e. The van der Waals surface area contributed by atoms with Crippen LogP contribution >= 0.6 is 38.6 Å². The average Bonchev–Trinajstić information content (AvgIpc) is 2.83. The zero-order chi connectivity index (χ0) is 11.5. The molecule has 2 heterocycles. The summed E-state index contributed by atoms with van der Waals surface area (Å²) in [6, 6.07) is 1.96. The first kappa shape index (κ1) is 11.5. The number of hydrogen-bond donors (Lipinski definition) is 1. The quantitative estimate of drug-likeness (QED) is 0.692. The van der Waals surface area contributed by atoms with Crippen molar-refractivity contribution in [3.05, 3.63) is 37.1 Å². The van der Waals surface area contributed by atoms with Crippen molar-refractivity contribution in [2.75, 3.05) is 5.32 Å². The largest absolute Gasteiger partial charge is 0.356 e. The van der Waals surface area contributed by atoms with Gasteiger partial charge in [0.25, 0.3) is 0 Å². The van der Waals surface area contributed by atoms with Gasteiger partial charge in [-0.05, 0) is 38.7 Å². The molecular weight excluding hydrogens is 314 g/mol.